The first kappa shape index (κ1) is 11.2. The zero-order valence-corrected chi connectivity index (χ0v) is 9.71. The highest BCUT2D eigenvalue weighted by molar-refractivity contribution is 7.99. The predicted molar refractivity (Wildman–Crippen MR) is 56.5 cm³/mol. The van der Waals surface area contributed by atoms with Crippen molar-refractivity contribution in [1.29, 1.82) is 0 Å². The van der Waals surface area contributed by atoms with Crippen molar-refractivity contribution in [3.05, 3.63) is 4.47 Å². The highest BCUT2D eigenvalue weighted by atomic mass is 35.5. The van der Waals surface area contributed by atoms with Gasteiger partial charge in [-0.05, 0) is 29.6 Å². The van der Waals surface area contributed by atoms with Crippen LogP contribution in [0, 0.1) is 0 Å². The number of nitrogens with zero attached hydrogens (tertiary/aromatic N) is 2. The lowest BCUT2D eigenvalue weighted by molar-refractivity contribution is 0.179. The molecule has 1 rings (SSSR count). The minimum Gasteiger partial charge on any atom is -0.370 e. The molecule has 0 atom stereocenters. The van der Waals surface area contributed by atoms with E-state index >= 15 is 0 Å². The summed E-state index contributed by atoms with van der Waals surface area (Å²) in [5.74, 6) is 0.604. The number of hydrogen-bond acceptors (Lipinski definition) is 5. The van der Waals surface area contributed by atoms with Crippen LogP contribution in [0.4, 0.5) is 0 Å². The Labute approximate surface area is 91.0 Å². The number of rotatable bonds is 6. The van der Waals surface area contributed by atoms with Gasteiger partial charge in [-0.2, -0.15) is 9.36 Å². The Hall–Kier alpha value is 0.160. The van der Waals surface area contributed by atoms with Gasteiger partial charge in [0, 0.05) is 6.61 Å². The normalized spacial score (nSPS) is 10.6. The van der Waals surface area contributed by atoms with Crippen LogP contribution in [-0.2, 0) is 4.74 Å². The lowest BCUT2D eigenvalue weighted by Gasteiger charge is -1.99. The van der Waals surface area contributed by atoms with Gasteiger partial charge in [-0.3, -0.25) is 0 Å². The van der Waals surface area contributed by atoms with Crippen LogP contribution in [-0.4, -0.2) is 21.9 Å². The van der Waals surface area contributed by atoms with Gasteiger partial charge in [0.1, 0.15) is 0 Å². The van der Waals surface area contributed by atoms with Gasteiger partial charge in [0.05, 0.1) is 5.94 Å². The van der Waals surface area contributed by atoms with Gasteiger partial charge in [-0.1, -0.05) is 25.1 Å². The smallest absolute Gasteiger partial charge is 0.204 e. The Morgan fingerprint density at radius 3 is 3.08 bits per heavy atom. The molecule has 0 saturated heterocycles. The van der Waals surface area contributed by atoms with E-state index in [2.05, 4.69) is 16.3 Å². The second kappa shape index (κ2) is 6.59. The molecule has 0 N–H and O–H groups in total. The molecule has 0 aliphatic heterocycles. The molecule has 6 heteroatoms. The molecule has 0 radical (unpaired) electrons. The molecule has 0 fully saturated rings. The zero-order valence-electron chi connectivity index (χ0n) is 7.33. The minimum atomic E-state index is 0.482. The summed E-state index contributed by atoms with van der Waals surface area (Å²) < 4.78 is 9.83. The second-order valence-electron chi connectivity index (χ2n) is 2.35. The fourth-order valence-electron chi connectivity index (χ4n) is 0.651. The topological polar surface area (TPSA) is 35.0 Å². The summed E-state index contributed by atoms with van der Waals surface area (Å²) in [7, 11) is 0. The third-order valence-corrected chi connectivity index (χ3v) is 2.93. The standard InChI is InChI=1S/C7H11ClN2OS2/c1-2-3-4-11-5-12-7-9-6(8)13-10-7/h2-5H2,1H3. The van der Waals surface area contributed by atoms with Gasteiger partial charge in [0.15, 0.2) is 0 Å². The lowest BCUT2D eigenvalue weighted by Crippen LogP contribution is -1.92. The van der Waals surface area contributed by atoms with Crippen LogP contribution in [0.5, 0.6) is 0 Å². The number of unbranched alkanes of at least 4 members (excludes halogenated alkanes) is 1. The van der Waals surface area contributed by atoms with E-state index in [9.17, 15) is 0 Å². The fraction of sp³-hybridized carbons (Fsp3) is 0.714. The highest BCUT2D eigenvalue weighted by Gasteiger charge is 2.01. The molecule has 0 spiro atoms. The Morgan fingerprint density at radius 1 is 1.62 bits per heavy atom. The van der Waals surface area contributed by atoms with Crippen molar-refractivity contribution in [2.45, 2.75) is 24.9 Å². The molecule has 0 aromatic carbocycles. The molecule has 74 valence electrons. The van der Waals surface area contributed by atoms with Crippen LogP contribution >= 0.6 is 34.9 Å². The molecule has 0 amide bonds. The monoisotopic (exact) mass is 238 g/mol. The molecule has 0 unspecified atom stereocenters. The van der Waals surface area contributed by atoms with Crippen LogP contribution < -0.4 is 0 Å². The number of thioether (sulfide) groups is 1. The molecule has 0 aliphatic carbocycles. The van der Waals surface area contributed by atoms with Crippen LogP contribution in [0.25, 0.3) is 0 Å². The summed E-state index contributed by atoms with van der Waals surface area (Å²) >= 11 is 8.29. The molecule has 1 aromatic rings. The molecule has 0 bridgehead atoms. The first-order chi connectivity index (χ1) is 6.33. The summed E-state index contributed by atoms with van der Waals surface area (Å²) in [6.45, 7) is 2.94. The maximum absolute atomic E-state index is 5.61. The SMILES string of the molecule is CCCCOCSc1nsc(Cl)n1. The molecule has 0 aliphatic rings. The Bertz CT molecular complexity index is 244. The van der Waals surface area contributed by atoms with Crippen molar-refractivity contribution in [3.8, 4) is 0 Å². The second-order valence-corrected chi connectivity index (χ2v) is 4.58. The van der Waals surface area contributed by atoms with Crippen molar-refractivity contribution < 1.29 is 4.74 Å². The van der Waals surface area contributed by atoms with Crippen molar-refractivity contribution in [2.24, 2.45) is 0 Å². The average Bonchev–Trinajstić information content (AvgIpc) is 2.51. The first-order valence-corrected chi connectivity index (χ1v) is 6.16. The average molecular weight is 239 g/mol. The Kier molecular flexibility index (Phi) is 5.70. The van der Waals surface area contributed by atoms with Crippen molar-refractivity contribution >= 4 is 34.9 Å². The Balaban J connectivity index is 2.06. The minimum absolute atomic E-state index is 0.482. The zero-order chi connectivity index (χ0) is 9.52. The predicted octanol–water partition coefficient (Wildman–Crippen LogP) is 3.06. The fourth-order valence-corrected chi connectivity index (χ4v) is 2.05. The number of halogens is 1. The van der Waals surface area contributed by atoms with Gasteiger partial charge in [0.2, 0.25) is 9.62 Å². The Morgan fingerprint density at radius 2 is 2.46 bits per heavy atom. The quantitative estimate of drug-likeness (QED) is 0.434. The summed E-state index contributed by atoms with van der Waals surface area (Å²) in [5, 5.41) is 0.700. The van der Waals surface area contributed by atoms with Crippen LogP contribution in [0.3, 0.4) is 0 Å². The summed E-state index contributed by atoms with van der Waals surface area (Å²) in [6, 6.07) is 0. The van der Waals surface area contributed by atoms with Crippen molar-refractivity contribution in [3.63, 3.8) is 0 Å². The molecule has 1 aromatic heterocycles. The van der Waals surface area contributed by atoms with Crippen LogP contribution in [0.2, 0.25) is 4.47 Å². The maximum atomic E-state index is 5.61. The third-order valence-electron chi connectivity index (χ3n) is 1.30. The number of hydrogen-bond donors (Lipinski definition) is 0. The van der Waals surface area contributed by atoms with Gasteiger partial charge in [-0.15, -0.1) is 0 Å². The van der Waals surface area contributed by atoms with Gasteiger partial charge in [-0.25, -0.2) is 0 Å². The first-order valence-electron chi connectivity index (χ1n) is 4.02. The van der Waals surface area contributed by atoms with Crippen molar-refractivity contribution in [2.75, 3.05) is 12.5 Å². The van der Waals surface area contributed by atoms with Gasteiger partial charge < -0.3 is 4.74 Å². The molecular weight excluding hydrogens is 228 g/mol. The van der Waals surface area contributed by atoms with Crippen LogP contribution in [0.1, 0.15) is 19.8 Å². The number of aromatic nitrogens is 2. The van der Waals surface area contributed by atoms with Gasteiger partial charge in [0.25, 0.3) is 0 Å². The summed E-state index contributed by atoms with van der Waals surface area (Å²) in [5.41, 5.74) is 0. The largest absolute Gasteiger partial charge is 0.370 e. The molecule has 3 nitrogen and oxygen atoms in total. The van der Waals surface area contributed by atoms with E-state index in [4.69, 9.17) is 16.3 Å². The maximum Gasteiger partial charge on any atom is 0.204 e. The van der Waals surface area contributed by atoms with Crippen LogP contribution in [0.15, 0.2) is 5.16 Å². The summed E-state index contributed by atoms with van der Waals surface area (Å²) in [4.78, 5) is 3.98. The molecule has 1 heterocycles. The van der Waals surface area contributed by atoms with E-state index in [1.807, 2.05) is 0 Å². The molecule has 0 saturated carbocycles. The number of ether oxygens (including phenoxy) is 1. The van der Waals surface area contributed by atoms with Gasteiger partial charge >= 0.3 is 0 Å². The molecular formula is C7H11ClN2OS2. The van der Waals surface area contributed by atoms with E-state index in [0.717, 1.165) is 19.4 Å². The van der Waals surface area contributed by atoms with E-state index in [1.165, 1.54) is 23.3 Å². The van der Waals surface area contributed by atoms with E-state index in [-0.39, 0.29) is 0 Å². The summed E-state index contributed by atoms with van der Waals surface area (Å²) in [6.07, 6.45) is 2.26. The third kappa shape index (κ3) is 4.81. The van der Waals surface area contributed by atoms with Crippen molar-refractivity contribution in [1.82, 2.24) is 9.36 Å². The molecule has 13 heavy (non-hydrogen) atoms. The highest BCUT2D eigenvalue weighted by Crippen LogP contribution is 2.19. The lowest BCUT2D eigenvalue weighted by atomic mass is 10.4. The van der Waals surface area contributed by atoms with E-state index in [1.54, 1.807) is 0 Å². The van der Waals surface area contributed by atoms with E-state index < -0.39 is 0 Å². The van der Waals surface area contributed by atoms with E-state index in [0.29, 0.717) is 15.6 Å².